The molecule has 1 N–H and O–H groups in total. The molecule has 4 nitrogen and oxygen atoms in total. The number of morpholine rings is 1. The minimum atomic E-state index is 0.190. The van der Waals surface area contributed by atoms with Crippen molar-refractivity contribution in [1.82, 2.24) is 15.2 Å². The summed E-state index contributed by atoms with van der Waals surface area (Å²) < 4.78 is 6.05. The van der Waals surface area contributed by atoms with Gasteiger partial charge in [0.1, 0.15) is 11.1 Å². The molecular weight excluding hydrogens is 258 g/mol. The van der Waals surface area contributed by atoms with Gasteiger partial charge < -0.3 is 10.1 Å². The fraction of sp³-hybridized carbons (Fsp3) is 0.786. The van der Waals surface area contributed by atoms with Crippen LogP contribution in [0.1, 0.15) is 41.4 Å². The van der Waals surface area contributed by atoms with E-state index in [1.54, 1.807) is 0 Å². The molecule has 2 atom stereocenters. The number of aryl methyl sites for hydroxylation is 1. The zero-order chi connectivity index (χ0) is 13.2. The fourth-order valence-electron chi connectivity index (χ4n) is 3.08. The van der Waals surface area contributed by atoms with Gasteiger partial charge in [0, 0.05) is 24.0 Å². The van der Waals surface area contributed by atoms with Crippen molar-refractivity contribution in [3.63, 3.8) is 0 Å². The monoisotopic (exact) mass is 281 g/mol. The molecule has 0 bridgehead atoms. The first kappa shape index (κ1) is 13.5. The molecule has 3 heterocycles. The van der Waals surface area contributed by atoms with E-state index in [0.717, 1.165) is 26.1 Å². The second kappa shape index (κ2) is 5.87. The summed E-state index contributed by atoms with van der Waals surface area (Å²) in [7, 11) is 1.99. The number of nitrogens with zero attached hydrogens (tertiary/aromatic N) is 2. The maximum Gasteiger partial charge on any atom is 0.123 e. The average Bonchev–Trinajstić information content (AvgIpc) is 3.04. The first-order chi connectivity index (χ1) is 9.31. The zero-order valence-corrected chi connectivity index (χ0v) is 12.6. The number of hydrogen-bond donors (Lipinski definition) is 1. The number of thiazole rings is 1. The molecule has 0 radical (unpaired) electrons. The Morgan fingerprint density at radius 1 is 1.53 bits per heavy atom. The van der Waals surface area contributed by atoms with E-state index in [4.69, 9.17) is 9.72 Å². The topological polar surface area (TPSA) is 37.4 Å². The summed E-state index contributed by atoms with van der Waals surface area (Å²) >= 11 is 1.82. The summed E-state index contributed by atoms with van der Waals surface area (Å²) in [5.41, 5.74) is 1.24. The molecule has 2 saturated heterocycles. The number of ether oxygens (including phenoxy) is 1. The number of nitrogens with one attached hydrogen (secondary N) is 1. The van der Waals surface area contributed by atoms with E-state index in [1.165, 1.54) is 35.0 Å². The van der Waals surface area contributed by atoms with E-state index in [9.17, 15) is 0 Å². The third kappa shape index (κ3) is 2.70. The van der Waals surface area contributed by atoms with Crippen molar-refractivity contribution in [1.29, 1.82) is 0 Å². The van der Waals surface area contributed by atoms with Crippen molar-refractivity contribution in [3.05, 3.63) is 15.6 Å². The third-order valence-electron chi connectivity index (χ3n) is 4.13. The van der Waals surface area contributed by atoms with Crippen molar-refractivity contribution in [3.8, 4) is 0 Å². The summed E-state index contributed by atoms with van der Waals surface area (Å²) in [5, 5.41) is 4.40. The van der Waals surface area contributed by atoms with Gasteiger partial charge in [0.2, 0.25) is 0 Å². The van der Waals surface area contributed by atoms with Crippen LogP contribution in [0.5, 0.6) is 0 Å². The Morgan fingerprint density at radius 3 is 3.21 bits per heavy atom. The summed E-state index contributed by atoms with van der Waals surface area (Å²) in [6.45, 7) is 6.24. The lowest BCUT2D eigenvalue weighted by molar-refractivity contribution is -0.0502. The second-order valence-corrected chi connectivity index (χ2v) is 6.53. The SMILES string of the molecule is CCc1nc(C2CN3CCCC3CO2)sc1CNC. The third-order valence-corrected chi connectivity index (χ3v) is 5.32. The Morgan fingerprint density at radius 2 is 2.42 bits per heavy atom. The first-order valence-electron chi connectivity index (χ1n) is 7.30. The molecule has 3 rings (SSSR count). The van der Waals surface area contributed by atoms with Crippen LogP contribution >= 0.6 is 11.3 Å². The molecular formula is C14H23N3OS. The molecule has 2 aliphatic heterocycles. The smallest absolute Gasteiger partial charge is 0.123 e. The Balaban J connectivity index is 1.74. The molecule has 0 amide bonds. The fourth-order valence-corrected chi connectivity index (χ4v) is 4.29. The van der Waals surface area contributed by atoms with Crippen molar-refractivity contribution in [2.45, 2.75) is 44.9 Å². The largest absolute Gasteiger partial charge is 0.368 e. The van der Waals surface area contributed by atoms with Crippen LogP contribution < -0.4 is 5.32 Å². The first-order valence-corrected chi connectivity index (χ1v) is 8.12. The highest BCUT2D eigenvalue weighted by Gasteiger charge is 2.34. The molecule has 2 fully saturated rings. The van der Waals surface area contributed by atoms with Crippen LogP contribution in [0.4, 0.5) is 0 Å². The molecule has 1 aromatic rings. The highest BCUT2D eigenvalue weighted by molar-refractivity contribution is 7.11. The van der Waals surface area contributed by atoms with Gasteiger partial charge in [-0.2, -0.15) is 0 Å². The Hall–Kier alpha value is -0.490. The lowest BCUT2D eigenvalue weighted by atomic mass is 10.2. The second-order valence-electron chi connectivity index (χ2n) is 5.42. The lowest BCUT2D eigenvalue weighted by Crippen LogP contribution is -2.42. The molecule has 0 aromatic carbocycles. The minimum Gasteiger partial charge on any atom is -0.368 e. The number of aromatic nitrogens is 1. The molecule has 0 aliphatic carbocycles. The molecule has 5 heteroatoms. The van der Waals surface area contributed by atoms with Gasteiger partial charge >= 0.3 is 0 Å². The van der Waals surface area contributed by atoms with E-state index in [0.29, 0.717) is 6.04 Å². The van der Waals surface area contributed by atoms with Crippen LogP contribution in [0.25, 0.3) is 0 Å². The Bertz CT molecular complexity index is 434. The maximum absolute atomic E-state index is 6.05. The van der Waals surface area contributed by atoms with Crippen LogP contribution in [0.3, 0.4) is 0 Å². The molecule has 2 unspecified atom stereocenters. The molecule has 19 heavy (non-hydrogen) atoms. The van der Waals surface area contributed by atoms with Gasteiger partial charge in [0.25, 0.3) is 0 Å². The summed E-state index contributed by atoms with van der Waals surface area (Å²) in [6, 6.07) is 0.665. The normalized spacial score (nSPS) is 27.7. The molecule has 1 aromatic heterocycles. The summed E-state index contributed by atoms with van der Waals surface area (Å²) in [4.78, 5) is 8.76. The van der Waals surface area contributed by atoms with Gasteiger partial charge in [-0.3, -0.25) is 4.90 Å². The quantitative estimate of drug-likeness (QED) is 0.915. The summed E-state index contributed by atoms with van der Waals surface area (Å²) in [6.07, 6.45) is 3.82. The van der Waals surface area contributed by atoms with Gasteiger partial charge in [-0.05, 0) is 32.9 Å². The number of hydrogen-bond acceptors (Lipinski definition) is 5. The standard InChI is InChI=1S/C14H23N3OS/c1-3-11-13(7-15-2)19-14(16-11)12-8-17-6-4-5-10(17)9-18-12/h10,12,15H,3-9H2,1-2H3. The van der Waals surface area contributed by atoms with Crippen molar-refractivity contribution >= 4 is 11.3 Å². The predicted molar refractivity (Wildman–Crippen MR) is 77.5 cm³/mol. The van der Waals surface area contributed by atoms with E-state index in [2.05, 4.69) is 17.1 Å². The van der Waals surface area contributed by atoms with Gasteiger partial charge in [0.15, 0.2) is 0 Å². The van der Waals surface area contributed by atoms with E-state index < -0.39 is 0 Å². The Kier molecular flexibility index (Phi) is 4.17. The number of fused-ring (bicyclic) bond motifs is 1. The highest BCUT2D eigenvalue weighted by Crippen LogP contribution is 2.33. The molecule has 106 valence electrons. The van der Waals surface area contributed by atoms with E-state index in [-0.39, 0.29) is 6.10 Å². The van der Waals surface area contributed by atoms with E-state index >= 15 is 0 Å². The van der Waals surface area contributed by atoms with Gasteiger partial charge in [-0.15, -0.1) is 11.3 Å². The lowest BCUT2D eigenvalue weighted by Gasteiger charge is -2.34. The van der Waals surface area contributed by atoms with Crippen LogP contribution in [-0.4, -0.2) is 42.7 Å². The van der Waals surface area contributed by atoms with Crippen LogP contribution in [0.2, 0.25) is 0 Å². The average molecular weight is 281 g/mol. The highest BCUT2D eigenvalue weighted by atomic mass is 32.1. The maximum atomic E-state index is 6.05. The zero-order valence-electron chi connectivity index (χ0n) is 11.8. The van der Waals surface area contributed by atoms with Crippen LogP contribution in [0.15, 0.2) is 0 Å². The molecule has 0 spiro atoms. The Labute approximate surface area is 119 Å². The predicted octanol–water partition coefficient (Wildman–Crippen LogP) is 1.96. The van der Waals surface area contributed by atoms with Crippen LogP contribution in [0, 0.1) is 0 Å². The number of rotatable bonds is 4. The van der Waals surface area contributed by atoms with Crippen LogP contribution in [-0.2, 0) is 17.7 Å². The van der Waals surface area contributed by atoms with Crippen molar-refractivity contribution < 1.29 is 4.74 Å². The van der Waals surface area contributed by atoms with Gasteiger partial charge in [-0.1, -0.05) is 6.92 Å². The van der Waals surface area contributed by atoms with Gasteiger partial charge in [-0.25, -0.2) is 4.98 Å². The van der Waals surface area contributed by atoms with E-state index in [1.807, 2.05) is 18.4 Å². The minimum absolute atomic E-state index is 0.190. The molecule has 0 saturated carbocycles. The summed E-state index contributed by atoms with van der Waals surface area (Å²) in [5.74, 6) is 0. The van der Waals surface area contributed by atoms with Gasteiger partial charge in [0.05, 0.1) is 12.3 Å². The van der Waals surface area contributed by atoms with Crippen molar-refractivity contribution in [2.24, 2.45) is 0 Å². The molecule has 2 aliphatic rings. The van der Waals surface area contributed by atoms with Crippen molar-refractivity contribution in [2.75, 3.05) is 26.7 Å².